The SMILES string of the molecule is Fc1ccc(C(Cl)CC23CC4CC(CC(C4)C2)C3)cc1F. The zero-order valence-electron chi connectivity index (χ0n) is 12.1. The minimum atomic E-state index is -0.794. The Balaban J connectivity index is 1.53. The smallest absolute Gasteiger partial charge is 0.159 e. The third-order valence-electron chi connectivity index (χ3n) is 6.08. The van der Waals surface area contributed by atoms with Crippen molar-refractivity contribution in [1.82, 2.24) is 0 Å². The molecule has 0 nitrogen and oxygen atoms in total. The van der Waals surface area contributed by atoms with Gasteiger partial charge in [-0.1, -0.05) is 6.07 Å². The van der Waals surface area contributed by atoms with E-state index in [0.29, 0.717) is 5.41 Å². The van der Waals surface area contributed by atoms with Gasteiger partial charge in [-0.05, 0) is 85.8 Å². The fourth-order valence-electron chi connectivity index (χ4n) is 5.75. The lowest BCUT2D eigenvalue weighted by Crippen LogP contribution is -2.46. The lowest BCUT2D eigenvalue weighted by atomic mass is 9.48. The van der Waals surface area contributed by atoms with Crippen LogP contribution in [0.25, 0.3) is 0 Å². The average Bonchev–Trinajstić information content (AvgIpc) is 2.39. The van der Waals surface area contributed by atoms with Gasteiger partial charge < -0.3 is 0 Å². The molecule has 4 bridgehead atoms. The van der Waals surface area contributed by atoms with Crippen LogP contribution >= 0.6 is 11.6 Å². The Kier molecular flexibility index (Phi) is 3.29. The zero-order valence-corrected chi connectivity index (χ0v) is 12.9. The maximum atomic E-state index is 13.4. The van der Waals surface area contributed by atoms with Gasteiger partial charge in [0.15, 0.2) is 11.6 Å². The first-order valence-corrected chi connectivity index (χ1v) is 8.56. The molecule has 1 atom stereocenters. The summed E-state index contributed by atoms with van der Waals surface area (Å²) in [5.74, 6) is 1.10. The monoisotopic (exact) mass is 310 g/mol. The second-order valence-corrected chi connectivity index (χ2v) is 8.29. The van der Waals surface area contributed by atoms with E-state index in [1.807, 2.05) is 0 Å². The van der Waals surface area contributed by atoms with Gasteiger partial charge in [0.25, 0.3) is 0 Å². The first-order valence-electron chi connectivity index (χ1n) is 8.12. The number of hydrogen-bond donors (Lipinski definition) is 0. The van der Waals surface area contributed by atoms with Crippen molar-refractivity contribution in [2.75, 3.05) is 0 Å². The van der Waals surface area contributed by atoms with Crippen LogP contribution in [-0.4, -0.2) is 0 Å². The molecule has 0 spiro atoms. The van der Waals surface area contributed by atoms with Crippen molar-refractivity contribution in [3.8, 4) is 0 Å². The summed E-state index contributed by atoms with van der Waals surface area (Å²) < 4.78 is 26.5. The second kappa shape index (κ2) is 4.94. The van der Waals surface area contributed by atoms with E-state index in [0.717, 1.165) is 29.7 Å². The van der Waals surface area contributed by atoms with Gasteiger partial charge in [-0.3, -0.25) is 0 Å². The van der Waals surface area contributed by atoms with Crippen LogP contribution in [-0.2, 0) is 0 Å². The van der Waals surface area contributed by atoms with Gasteiger partial charge in [0.1, 0.15) is 0 Å². The molecule has 4 aliphatic carbocycles. The molecule has 4 saturated carbocycles. The number of halogens is 3. The molecule has 0 aromatic heterocycles. The zero-order chi connectivity index (χ0) is 14.6. The highest BCUT2D eigenvalue weighted by Crippen LogP contribution is 2.62. The number of hydrogen-bond acceptors (Lipinski definition) is 0. The Morgan fingerprint density at radius 1 is 1.00 bits per heavy atom. The minimum Gasteiger partial charge on any atom is -0.204 e. The van der Waals surface area contributed by atoms with E-state index in [2.05, 4.69) is 0 Å². The Morgan fingerprint density at radius 3 is 2.10 bits per heavy atom. The number of benzene rings is 1. The van der Waals surface area contributed by atoms with Crippen LogP contribution in [0.5, 0.6) is 0 Å². The lowest BCUT2D eigenvalue weighted by Gasteiger charge is -2.57. The number of rotatable bonds is 3. The fraction of sp³-hybridized carbons (Fsp3) is 0.667. The normalized spacial score (nSPS) is 38.7. The lowest BCUT2D eigenvalue weighted by molar-refractivity contribution is -0.0576. The molecule has 1 aromatic carbocycles. The summed E-state index contributed by atoms with van der Waals surface area (Å²) in [5, 5.41) is -0.198. The summed E-state index contributed by atoms with van der Waals surface area (Å²) in [6, 6.07) is 4.10. The van der Waals surface area contributed by atoms with Gasteiger partial charge in [0.2, 0.25) is 0 Å². The summed E-state index contributed by atoms with van der Waals surface area (Å²) in [7, 11) is 0. The Bertz CT molecular complexity index is 519. The van der Waals surface area contributed by atoms with Crippen LogP contribution in [0.4, 0.5) is 8.78 Å². The van der Waals surface area contributed by atoms with Crippen molar-refractivity contribution >= 4 is 11.6 Å². The van der Waals surface area contributed by atoms with Gasteiger partial charge >= 0.3 is 0 Å². The molecule has 1 unspecified atom stereocenters. The van der Waals surface area contributed by atoms with Gasteiger partial charge in [-0.15, -0.1) is 11.6 Å². The van der Waals surface area contributed by atoms with Gasteiger partial charge in [0.05, 0.1) is 5.38 Å². The van der Waals surface area contributed by atoms with Gasteiger partial charge in [0, 0.05) is 0 Å². The van der Waals surface area contributed by atoms with Crippen molar-refractivity contribution in [2.45, 2.75) is 50.3 Å². The summed E-state index contributed by atoms with van der Waals surface area (Å²) in [4.78, 5) is 0. The first kappa shape index (κ1) is 14.0. The highest BCUT2D eigenvalue weighted by atomic mass is 35.5. The largest absolute Gasteiger partial charge is 0.204 e. The van der Waals surface area contributed by atoms with E-state index < -0.39 is 11.6 Å². The van der Waals surface area contributed by atoms with E-state index in [1.54, 1.807) is 6.07 Å². The molecule has 114 valence electrons. The standard InChI is InChI=1S/C18H21ClF2/c19-15(14-1-2-16(20)17(21)6-14)10-18-7-11-3-12(8-18)5-13(4-11)9-18/h1-2,6,11-13,15H,3-5,7-10H2. The van der Waals surface area contributed by atoms with E-state index in [4.69, 9.17) is 11.6 Å². The third-order valence-corrected chi connectivity index (χ3v) is 6.49. The molecule has 0 radical (unpaired) electrons. The molecular formula is C18H21ClF2. The molecule has 1 aromatic rings. The molecule has 0 aliphatic heterocycles. The van der Waals surface area contributed by atoms with Crippen LogP contribution in [0, 0.1) is 34.8 Å². The Morgan fingerprint density at radius 2 is 1.57 bits per heavy atom. The van der Waals surface area contributed by atoms with Gasteiger partial charge in [-0.25, -0.2) is 8.78 Å². The second-order valence-electron chi connectivity index (χ2n) is 7.76. The van der Waals surface area contributed by atoms with E-state index in [-0.39, 0.29) is 5.38 Å². The average molecular weight is 311 g/mol. The molecule has 4 aliphatic rings. The van der Waals surface area contributed by atoms with Crippen molar-refractivity contribution in [2.24, 2.45) is 23.2 Å². The van der Waals surface area contributed by atoms with E-state index in [1.165, 1.54) is 50.7 Å². The van der Waals surface area contributed by atoms with Crippen LogP contribution in [0.15, 0.2) is 18.2 Å². The molecule has 0 N–H and O–H groups in total. The van der Waals surface area contributed by atoms with Crippen molar-refractivity contribution < 1.29 is 8.78 Å². The Labute approximate surface area is 129 Å². The highest BCUT2D eigenvalue weighted by Gasteiger charge is 2.51. The molecule has 4 fully saturated rings. The third kappa shape index (κ3) is 2.50. The van der Waals surface area contributed by atoms with Crippen molar-refractivity contribution in [3.05, 3.63) is 35.4 Å². The summed E-state index contributed by atoms with van der Waals surface area (Å²) in [6.45, 7) is 0. The molecule has 0 heterocycles. The molecule has 0 amide bonds. The van der Waals surface area contributed by atoms with Crippen molar-refractivity contribution in [3.63, 3.8) is 0 Å². The highest BCUT2D eigenvalue weighted by molar-refractivity contribution is 6.20. The quantitative estimate of drug-likeness (QED) is 0.614. The van der Waals surface area contributed by atoms with Crippen LogP contribution in [0.2, 0.25) is 0 Å². The summed E-state index contributed by atoms with van der Waals surface area (Å²) in [6.07, 6.45) is 9.05. The maximum Gasteiger partial charge on any atom is 0.159 e. The number of alkyl halides is 1. The molecule has 0 saturated heterocycles. The topological polar surface area (TPSA) is 0 Å². The van der Waals surface area contributed by atoms with Crippen molar-refractivity contribution in [1.29, 1.82) is 0 Å². The molecular weight excluding hydrogens is 290 g/mol. The molecule has 3 heteroatoms. The Hall–Kier alpha value is -0.630. The first-order chi connectivity index (χ1) is 10.0. The van der Waals surface area contributed by atoms with E-state index >= 15 is 0 Å². The minimum absolute atomic E-state index is 0.198. The predicted octanol–water partition coefficient (Wildman–Crippen LogP) is 5.85. The van der Waals surface area contributed by atoms with Crippen LogP contribution in [0.1, 0.15) is 55.9 Å². The maximum absolute atomic E-state index is 13.4. The molecule has 5 rings (SSSR count). The summed E-state index contributed by atoms with van der Waals surface area (Å²) in [5.41, 5.74) is 1.10. The summed E-state index contributed by atoms with van der Waals surface area (Å²) >= 11 is 6.58. The van der Waals surface area contributed by atoms with Gasteiger partial charge in [-0.2, -0.15) is 0 Å². The molecule has 21 heavy (non-hydrogen) atoms. The predicted molar refractivity (Wildman–Crippen MR) is 80.2 cm³/mol. The van der Waals surface area contributed by atoms with Crippen LogP contribution < -0.4 is 0 Å². The van der Waals surface area contributed by atoms with E-state index in [9.17, 15) is 8.78 Å². The van der Waals surface area contributed by atoms with Crippen LogP contribution in [0.3, 0.4) is 0 Å². The fourth-order valence-corrected chi connectivity index (χ4v) is 6.21.